The summed E-state index contributed by atoms with van der Waals surface area (Å²) >= 11 is 18.0. The molecule has 1 aliphatic carbocycles. The van der Waals surface area contributed by atoms with Gasteiger partial charge in [0.05, 0.1) is 31.1 Å². The van der Waals surface area contributed by atoms with Crippen LogP contribution in [0.5, 0.6) is 0 Å². The number of ether oxygens (including phenoxy) is 1. The topological polar surface area (TPSA) is 25.4 Å². The zero-order valence-electron chi connectivity index (χ0n) is 24.7. The minimum atomic E-state index is -1.79. The molecule has 3 nitrogen and oxygen atoms in total. The zero-order chi connectivity index (χ0) is 29.6. The van der Waals surface area contributed by atoms with Gasteiger partial charge in [-0.2, -0.15) is 0 Å². The Kier molecular flexibility index (Phi) is 8.36. The number of fused-ring (bicyclic) bond motifs is 3. The SMILES string of the molecule is C[C@H]1CCC2(Cc3nc(Cl)c([Si](C)(C)C)c(Cl)c3CO2)c2c1ccc(N(Cc1ccccc1)Cc1ccccc1)c2Br. The van der Waals surface area contributed by atoms with Crippen LogP contribution in [0.1, 0.15) is 59.2 Å². The quantitative estimate of drug-likeness (QED) is 0.150. The maximum Gasteiger partial charge on any atom is 0.130 e. The summed E-state index contributed by atoms with van der Waals surface area (Å²) in [5.74, 6) is 0.437. The van der Waals surface area contributed by atoms with Gasteiger partial charge in [-0.25, -0.2) is 4.98 Å². The Morgan fingerprint density at radius 2 is 1.57 bits per heavy atom. The maximum atomic E-state index is 7.03. The lowest BCUT2D eigenvalue weighted by Crippen LogP contribution is -2.44. The van der Waals surface area contributed by atoms with Gasteiger partial charge in [0.1, 0.15) is 10.8 Å². The van der Waals surface area contributed by atoms with Crippen molar-refractivity contribution < 1.29 is 4.74 Å². The fourth-order valence-electron chi connectivity index (χ4n) is 6.66. The second-order valence-corrected chi connectivity index (χ2v) is 19.4. The van der Waals surface area contributed by atoms with Gasteiger partial charge < -0.3 is 9.64 Å². The molecule has 0 saturated carbocycles. The molecule has 0 fully saturated rings. The van der Waals surface area contributed by atoms with Crippen LogP contribution in [-0.4, -0.2) is 13.1 Å². The molecule has 6 rings (SSSR count). The Labute approximate surface area is 269 Å². The molecule has 1 spiro atoms. The lowest BCUT2D eigenvalue weighted by Gasteiger charge is -2.45. The summed E-state index contributed by atoms with van der Waals surface area (Å²) in [7, 11) is -1.79. The van der Waals surface area contributed by atoms with Crippen LogP contribution in [0, 0.1) is 0 Å². The van der Waals surface area contributed by atoms with Crippen molar-refractivity contribution in [2.75, 3.05) is 4.90 Å². The average molecular weight is 681 g/mol. The average Bonchev–Trinajstić information content (AvgIpc) is 2.95. The van der Waals surface area contributed by atoms with Crippen LogP contribution in [-0.2, 0) is 36.5 Å². The highest BCUT2D eigenvalue weighted by Crippen LogP contribution is 2.53. The normalized spacial score (nSPS) is 19.8. The van der Waals surface area contributed by atoms with E-state index in [1.54, 1.807) is 0 Å². The van der Waals surface area contributed by atoms with Gasteiger partial charge in [0, 0.05) is 35.1 Å². The minimum Gasteiger partial charge on any atom is -0.365 e. The fourth-order valence-corrected chi connectivity index (χ4v) is 11.3. The first kappa shape index (κ1) is 29.9. The Balaban J connectivity index is 1.45. The van der Waals surface area contributed by atoms with E-state index in [1.807, 2.05) is 0 Å². The van der Waals surface area contributed by atoms with Crippen molar-refractivity contribution in [3.63, 3.8) is 0 Å². The molecule has 0 amide bonds. The molecule has 1 unspecified atom stereocenters. The molecule has 1 aromatic heterocycles. The third-order valence-corrected chi connectivity index (χ3v) is 12.7. The Hall–Kier alpha value is -2.15. The van der Waals surface area contributed by atoms with Gasteiger partial charge in [-0.15, -0.1) is 0 Å². The van der Waals surface area contributed by atoms with Crippen molar-refractivity contribution in [1.29, 1.82) is 0 Å². The zero-order valence-corrected chi connectivity index (χ0v) is 28.8. The summed E-state index contributed by atoms with van der Waals surface area (Å²) in [5.41, 5.74) is 7.80. The number of anilines is 1. The first-order chi connectivity index (χ1) is 20.1. The second-order valence-electron chi connectivity index (χ2n) is 12.9. The molecule has 42 heavy (non-hydrogen) atoms. The molecule has 7 heteroatoms. The lowest BCUT2D eigenvalue weighted by molar-refractivity contribution is -0.0874. The van der Waals surface area contributed by atoms with Gasteiger partial charge in [-0.05, 0) is 62.6 Å². The summed E-state index contributed by atoms with van der Waals surface area (Å²) < 4.78 is 8.06. The highest BCUT2D eigenvalue weighted by molar-refractivity contribution is 9.10. The van der Waals surface area contributed by atoms with Crippen molar-refractivity contribution in [3.8, 4) is 0 Å². The third kappa shape index (κ3) is 5.59. The van der Waals surface area contributed by atoms with E-state index < -0.39 is 13.7 Å². The molecule has 218 valence electrons. The van der Waals surface area contributed by atoms with Crippen LogP contribution < -0.4 is 10.1 Å². The highest BCUT2D eigenvalue weighted by atomic mass is 79.9. The number of benzene rings is 3. The molecule has 0 N–H and O–H groups in total. The predicted molar refractivity (Wildman–Crippen MR) is 182 cm³/mol. The third-order valence-electron chi connectivity index (χ3n) is 8.86. The van der Waals surface area contributed by atoms with E-state index in [2.05, 4.69) is 120 Å². The summed E-state index contributed by atoms with van der Waals surface area (Å²) in [4.78, 5) is 7.45. The van der Waals surface area contributed by atoms with Gasteiger partial charge in [-0.1, -0.05) is 116 Å². The molecule has 0 saturated heterocycles. The number of hydrogen-bond acceptors (Lipinski definition) is 3. The Bertz CT molecular complexity index is 1570. The fraction of sp³-hybridized carbons (Fsp3) is 0.343. The van der Waals surface area contributed by atoms with Crippen LogP contribution in [0.3, 0.4) is 0 Å². The highest BCUT2D eigenvalue weighted by Gasteiger charge is 2.46. The molecule has 1 aliphatic heterocycles. The molecular weight excluding hydrogens is 643 g/mol. The van der Waals surface area contributed by atoms with Crippen molar-refractivity contribution in [3.05, 3.63) is 121 Å². The van der Waals surface area contributed by atoms with Crippen LogP contribution in [0.15, 0.2) is 77.3 Å². The van der Waals surface area contributed by atoms with E-state index in [9.17, 15) is 0 Å². The van der Waals surface area contributed by atoms with Crippen LogP contribution >= 0.6 is 39.1 Å². The molecule has 0 bridgehead atoms. The molecule has 2 atom stereocenters. The minimum absolute atomic E-state index is 0.437. The van der Waals surface area contributed by atoms with Gasteiger partial charge >= 0.3 is 0 Å². The molecule has 4 aromatic rings. The number of pyridine rings is 1. The Morgan fingerprint density at radius 3 is 2.17 bits per heavy atom. The molecule has 3 aromatic carbocycles. The first-order valence-corrected chi connectivity index (χ1v) is 19.8. The van der Waals surface area contributed by atoms with Crippen molar-refractivity contribution in [2.24, 2.45) is 0 Å². The smallest absolute Gasteiger partial charge is 0.130 e. The standard InChI is InChI=1S/C35H37BrCl2N2OSi/c1-23-17-18-35(19-28-27(22-41-35)32(37)33(34(38)39-28)42(2,3)4)30-26(23)15-16-29(31(30)36)40(20-24-11-7-5-8-12-24)21-25-13-9-6-10-14-25/h5-16,23H,17-22H2,1-4H3/t23-,35?/m0/s1. The molecule has 2 heterocycles. The van der Waals surface area contributed by atoms with E-state index in [0.717, 1.165) is 51.9 Å². The monoisotopic (exact) mass is 678 g/mol. The van der Waals surface area contributed by atoms with Gasteiger partial charge in [0.15, 0.2) is 0 Å². The summed E-state index contributed by atoms with van der Waals surface area (Å²) in [6.45, 7) is 11.1. The van der Waals surface area contributed by atoms with Crippen molar-refractivity contribution >= 4 is 58.1 Å². The molecule has 2 aliphatic rings. The van der Waals surface area contributed by atoms with Gasteiger partial charge in [0.25, 0.3) is 0 Å². The van der Waals surface area contributed by atoms with Gasteiger partial charge in [-0.3, -0.25) is 0 Å². The van der Waals surface area contributed by atoms with Crippen LogP contribution in [0.4, 0.5) is 5.69 Å². The number of hydrogen-bond donors (Lipinski definition) is 0. The Morgan fingerprint density at radius 1 is 0.952 bits per heavy atom. The second kappa shape index (κ2) is 11.7. The largest absolute Gasteiger partial charge is 0.365 e. The predicted octanol–water partition coefficient (Wildman–Crippen LogP) is 9.77. The van der Waals surface area contributed by atoms with E-state index in [4.69, 9.17) is 32.9 Å². The molecular formula is C35H37BrCl2N2OSi. The number of aromatic nitrogens is 1. The molecule has 0 radical (unpaired) electrons. The maximum absolute atomic E-state index is 7.03. The van der Waals surface area contributed by atoms with Gasteiger partial charge in [0.2, 0.25) is 0 Å². The van der Waals surface area contributed by atoms with E-state index in [1.165, 1.54) is 27.9 Å². The van der Waals surface area contributed by atoms with E-state index in [-0.39, 0.29) is 0 Å². The van der Waals surface area contributed by atoms with Crippen LogP contribution in [0.2, 0.25) is 29.8 Å². The summed E-state index contributed by atoms with van der Waals surface area (Å²) in [5, 5.41) is 2.35. The van der Waals surface area contributed by atoms with Crippen molar-refractivity contribution in [2.45, 2.75) is 77.0 Å². The number of halogens is 3. The van der Waals surface area contributed by atoms with E-state index >= 15 is 0 Å². The first-order valence-electron chi connectivity index (χ1n) is 14.7. The lowest BCUT2D eigenvalue weighted by atomic mass is 9.71. The summed E-state index contributed by atoms with van der Waals surface area (Å²) in [6, 6.07) is 26.0. The van der Waals surface area contributed by atoms with Crippen molar-refractivity contribution in [1.82, 2.24) is 4.98 Å². The number of nitrogens with zero attached hydrogens (tertiary/aromatic N) is 2. The van der Waals surface area contributed by atoms with Crippen LogP contribution in [0.25, 0.3) is 0 Å². The summed E-state index contributed by atoms with van der Waals surface area (Å²) in [6.07, 6.45) is 2.64. The van der Waals surface area contributed by atoms with E-state index in [0.29, 0.717) is 24.1 Å². The number of rotatable bonds is 6.